The number of alkyl carbamates (subject to hydrolysis) is 1. The summed E-state index contributed by atoms with van der Waals surface area (Å²) >= 11 is 0. The smallest absolute Gasteiger partial charge is 0.395 e. The largest absolute Gasteiger partial charge is 0.537 e. The van der Waals surface area contributed by atoms with Crippen molar-refractivity contribution in [3.8, 4) is 0 Å². The van der Waals surface area contributed by atoms with Crippen LogP contribution >= 0.6 is 0 Å². The molecule has 0 aromatic heterocycles. The van der Waals surface area contributed by atoms with Crippen LogP contribution in [0.25, 0.3) is 0 Å². The van der Waals surface area contributed by atoms with Crippen molar-refractivity contribution >= 4 is 24.8 Å². The third-order valence-corrected chi connectivity index (χ3v) is 6.23. The van der Waals surface area contributed by atoms with Crippen molar-refractivity contribution in [3.05, 3.63) is 0 Å². The molecule has 1 amide bonds. The molecule has 0 atom stereocenters. The summed E-state index contributed by atoms with van der Waals surface area (Å²) in [7, 11) is -8.19. The Hall–Kier alpha value is -0.823. The van der Waals surface area contributed by atoms with Gasteiger partial charge < -0.3 is 18.9 Å². The predicted molar refractivity (Wildman–Crippen MR) is 75.3 cm³/mol. The highest BCUT2D eigenvalue weighted by Gasteiger charge is 2.49. The first-order chi connectivity index (χ1) is 9.97. The van der Waals surface area contributed by atoms with E-state index in [1.165, 1.54) is 0 Å². The minimum Gasteiger partial charge on any atom is -0.395 e. The van der Waals surface area contributed by atoms with Gasteiger partial charge >= 0.3 is 30.2 Å². The fraction of sp³-hybridized carbons (Fsp3) is 0.900. The molecule has 0 heterocycles. The molecule has 2 N–H and O–H groups in total. The minimum absolute atomic E-state index is 0.0386. The van der Waals surface area contributed by atoms with Gasteiger partial charge in [0, 0.05) is 19.8 Å². The number of carbonyl (C=O) groups is 1. The fourth-order valence-electron chi connectivity index (χ4n) is 1.59. The second-order valence-electron chi connectivity index (χ2n) is 4.36. The van der Waals surface area contributed by atoms with Gasteiger partial charge in [-0.3, -0.25) is 4.55 Å². The summed E-state index contributed by atoms with van der Waals surface area (Å²) in [6, 6.07) is 0.504. The van der Waals surface area contributed by atoms with Crippen LogP contribution in [0.2, 0.25) is 12.6 Å². The second kappa shape index (κ2) is 8.72. The number of hydrogen-bond acceptors (Lipinski definition) is 6. The lowest BCUT2D eigenvalue weighted by Crippen LogP contribution is -2.41. The maximum atomic E-state index is 12.7. The van der Waals surface area contributed by atoms with E-state index in [2.05, 4.69) is 4.74 Å². The number of hydrogen-bond donors (Lipinski definition) is 2. The van der Waals surface area contributed by atoms with E-state index in [9.17, 15) is 22.0 Å². The van der Waals surface area contributed by atoms with Gasteiger partial charge in [-0.05, 0) is 32.9 Å². The zero-order valence-electron chi connectivity index (χ0n) is 12.6. The van der Waals surface area contributed by atoms with E-state index in [0.29, 0.717) is 25.7 Å². The summed E-state index contributed by atoms with van der Waals surface area (Å²) in [4.78, 5) is 11.0. The van der Waals surface area contributed by atoms with E-state index in [1.54, 1.807) is 0 Å². The lowest BCUT2D eigenvalue weighted by Gasteiger charge is -2.25. The standard InChI is InChI=1S/C10H21F2NO7SSi/c1-4-18-22(3,19-5-2)8-6-7-13-9(14)20-10(11,12)21(15,16)17/h4-8H2,1-3H3,(H,13,14)(H,15,16,17). The molecule has 0 bridgehead atoms. The van der Waals surface area contributed by atoms with Crippen LogP contribution in [0.15, 0.2) is 0 Å². The zero-order valence-corrected chi connectivity index (χ0v) is 14.4. The Morgan fingerprint density at radius 3 is 2.18 bits per heavy atom. The van der Waals surface area contributed by atoms with Gasteiger partial charge in [0.25, 0.3) is 0 Å². The molecule has 0 radical (unpaired) electrons. The molecule has 0 saturated carbocycles. The molecule has 22 heavy (non-hydrogen) atoms. The number of halogens is 2. The number of alkyl halides is 2. The summed E-state index contributed by atoms with van der Waals surface area (Å²) in [5, 5.41) is 1.96. The van der Waals surface area contributed by atoms with Gasteiger partial charge in [-0.1, -0.05) is 0 Å². The fourth-order valence-corrected chi connectivity index (χ4v) is 4.19. The molecule has 0 spiro atoms. The van der Waals surface area contributed by atoms with E-state index in [4.69, 9.17) is 13.4 Å². The summed E-state index contributed by atoms with van der Waals surface area (Å²) in [5.74, 6) is 0. The molecule has 0 saturated heterocycles. The Balaban J connectivity index is 4.23. The van der Waals surface area contributed by atoms with Crippen molar-refractivity contribution < 1.29 is 40.1 Å². The first kappa shape index (κ1) is 21.2. The number of rotatable bonds is 10. The molecular weight excluding hydrogens is 344 g/mol. The highest BCUT2D eigenvalue weighted by Crippen LogP contribution is 2.22. The average Bonchev–Trinajstić information content (AvgIpc) is 2.33. The van der Waals surface area contributed by atoms with E-state index in [-0.39, 0.29) is 6.54 Å². The molecule has 0 aliphatic carbocycles. The van der Waals surface area contributed by atoms with Crippen LogP contribution in [0, 0.1) is 0 Å². The Labute approximate surface area is 129 Å². The highest BCUT2D eigenvalue weighted by atomic mass is 32.2. The Morgan fingerprint density at radius 2 is 1.77 bits per heavy atom. The number of carbonyl (C=O) groups excluding carboxylic acids is 1. The molecule has 0 unspecified atom stereocenters. The number of nitrogens with one attached hydrogen (secondary N) is 1. The lowest BCUT2D eigenvalue weighted by atomic mass is 10.5. The number of amides is 1. The third-order valence-electron chi connectivity index (χ3n) is 2.49. The molecule has 12 heteroatoms. The van der Waals surface area contributed by atoms with E-state index >= 15 is 0 Å². The molecule has 0 aromatic carbocycles. The van der Waals surface area contributed by atoms with E-state index in [1.807, 2.05) is 25.7 Å². The molecule has 8 nitrogen and oxygen atoms in total. The summed E-state index contributed by atoms with van der Waals surface area (Å²) in [5.41, 5.74) is -4.99. The predicted octanol–water partition coefficient (Wildman–Crippen LogP) is 1.69. The van der Waals surface area contributed by atoms with Gasteiger partial charge in [0.2, 0.25) is 0 Å². The van der Waals surface area contributed by atoms with Crippen LogP contribution in [0.1, 0.15) is 20.3 Å². The summed E-state index contributed by atoms with van der Waals surface area (Å²) < 4.78 is 68.6. The Morgan fingerprint density at radius 1 is 1.27 bits per heavy atom. The lowest BCUT2D eigenvalue weighted by molar-refractivity contribution is -0.130. The van der Waals surface area contributed by atoms with Crippen LogP contribution in [0.4, 0.5) is 13.6 Å². The minimum atomic E-state index is -5.82. The second-order valence-corrected chi connectivity index (χ2v) is 9.13. The molecule has 0 aromatic rings. The van der Waals surface area contributed by atoms with Crippen LogP contribution in [-0.2, 0) is 23.7 Å². The molecule has 0 aliphatic heterocycles. The molecule has 0 aliphatic rings. The molecule has 0 fully saturated rings. The Kier molecular flexibility index (Phi) is 8.39. The van der Waals surface area contributed by atoms with Crippen molar-refractivity contribution in [2.45, 2.75) is 38.3 Å². The van der Waals surface area contributed by atoms with Gasteiger partial charge in [-0.2, -0.15) is 8.42 Å². The number of ether oxygens (including phenoxy) is 1. The first-order valence-corrected chi connectivity index (χ1v) is 10.5. The van der Waals surface area contributed by atoms with Gasteiger partial charge in [-0.15, -0.1) is 8.78 Å². The van der Waals surface area contributed by atoms with Gasteiger partial charge in [0.15, 0.2) is 0 Å². The normalized spacial score (nSPS) is 13.0. The summed E-state index contributed by atoms with van der Waals surface area (Å²) in [6.45, 7) is 6.38. The molecule has 0 rings (SSSR count). The quantitative estimate of drug-likeness (QED) is 0.344. The topological polar surface area (TPSA) is 111 Å². The SMILES string of the molecule is CCO[Si](C)(CCCNC(=O)OC(F)(F)S(=O)(=O)O)OCC. The monoisotopic (exact) mass is 365 g/mol. The molecular formula is C10H21F2NO7SSi. The van der Waals surface area contributed by atoms with Gasteiger partial charge in [-0.25, -0.2) is 4.79 Å². The van der Waals surface area contributed by atoms with Gasteiger partial charge in [0.1, 0.15) is 0 Å². The maximum Gasteiger partial charge on any atom is 0.537 e. The van der Waals surface area contributed by atoms with Crippen molar-refractivity contribution in [1.29, 1.82) is 0 Å². The highest BCUT2D eigenvalue weighted by molar-refractivity contribution is 7.86. The Bertz CT molecular complexity index is 454. The first-order valence-electron chi connectivity index (χ1n) is 6.57. The third kappa shape index (κ3) is 7.44. The molecule has 132 valence electrons. The van der Waals surface area contributed by atoms with Gasteiger partial charge in [0.05, 0.1) is 0 Å². The average molecular weight is 365 g/mol. The van der Waals surface area contributed by atoms with E-state index in [0.717, 1.165) is 0 Å². The summed E-state index contributed by atoms with van der Waals surface area (Å²) in [6.07, 6.45) is -1.28. The van der Waals surface area contributed by atoms with Crippen molar-refractivity contribution in [1.82, 2.24) is 5.32 Å². The van der Waals surface area contributed by atoms with Crippen molar-refractivity contribution in [2.24, 2.45) is 0 Å². The van der Waals surface area contributed by atoms with Crippen molar-refractivity contribution in [3.63, 3.8) is 0 Å². The van der Waals surface area contributed by atoms with Crippen LogP contribution in [-0.4, -0.2) is 52.8 Å². The van der Waals surface area contributed by atoms with E-state index < -0.39 is 30.2 Å². The maximum absolute atomic E-state index is 12.7. The van der Waals surface area contributed by atoms with Crippen LogP contribution < -0.4 is 5.32 Å². The van der Waals surface area contributed by atoms with Crippen molar-refractivity contribution in [2.75, 3.05) is 19.8 Å². The van der Waals surface area contributed by atoms with Crippen LogP contribution in [0.5, 0.6) is 0 Å². The van der Waals surface area contributed by atoms with Crippen LogP contribution in [0.3, 0.4) is 0 Å². The zero-order chi connectivity index (χ0) is 17.4.